The number of nitrogens with two attached hydrogens (primary N) is 1. The molecule has 0 radical (unpaired) electrons. The summed E-state index contributed by atoms with van der Waals surface area (Å²) in [5.41, 5.74) is 5.43. The molecule has 2 N–H and O–H groups in total. The van der Waals surface area contributed by atoms with Gasteiger partial charge in [-0.2, -0.15) is 9.40 Å². The van der Waals surface area contributed by atoms with Gasteiger partial charge in [0.05, 0.1) is 11.2 Å². The first kappa shape index (κ1) is 15.1. The van der Waals surface area contributed by atoms with Gasteiger partial charge in [-0.1, -0.05) is 12.2 Å². The van der Waals surface area contributed by atoms with Gasteiger partial charge in [0.1, 0.15) is 0 Å². The van der Waals surface area contributed by atoms with Gasteiger partial charge in [0.2, 0.25) is 0 Å². The van der Waals surface area contributed by atoms with Crippen molar-refractivity contribution in [3.8, 4) is 0 Å². The Morgan fingerprint density at radius 2 is 2.22 bits per heavy atom. The molecule has 0 amide bonds. The number of sulfonamides is 1. The van der Waals surface area contributed by atoms with Gasteiger partial charge in [0, 0.05) is 26.1 Å². The summed E-state index contributed by atoms with van der Waals surface area (Å²) in [4.78, 5) is 0.306. The number of rotatable bonds is 6. The zero-order chi connectivity index (χ0) is 13.9. The van der Waals surface area contributed by atoms with Gasteiger partial charge >= 0.3 is 0 Å². The summed E-state index contributed by atoms with van der Waals surface area (Å²) in [5, 5.41) is 4.05. The van der Waals surface area contributed by atoms with E-state index in [1.807, 2.05) is 13.8 Å². The third-order valence-electron chi connectivity index (χ3n) is 2.50. The third-order valence-corrected chi connectivity index (χ3v) is 4.86. The number of hydrogen-bond donors (Lipinski definition) is 1. The van der Waals surface area contributed by atoms with Crippen molar-refractivity contribution >= 4 is 27.2 Å². The lowest BCUT2D eigenvalue weighted by molar-refractivity contribution is 0.358. The maximum Gasteiger partial charge on any atom is 0.260 e. The smallest absolute Gasteiger partial charge is 0.260 e. The lowest BCUT2D eigenvalue weighted by Gasteiger charge is -2.25. The average molecular weight is 290 g/mol. The zero-order valence-electron chi connectivity index (χ0n) is 10.7. The van der Waals surface area contributed by atoms with Gasteiger partial charge < -0.3 is 5.73 Å². The number of hydrogen-bond acceptors (Lipinski definition) is 4. The van der Waals surface area contributed by atoms with Crippen molar-refractivity contribution in [2.45, 2.75) is 31.3 Å². The highest BCUT2D eigenvalue weighted by Gasteiger charge is 2.29. The summed E-state index contributed by atoms with van der Waals surface area (Å²) in [7, 11) is -1.97. The van der Waals surface area contributed by atoms with Crippen LogP contribution in [0.25, 0.3) is 0 Å². The molecule has 18 heavy (non-hydrogen) atoms. The standard InChI is InChI=1S/C10H18N4O2S2/c1-8(2)14(7-5-9(11)17)18(15,16)10-4-6-12-13(10)3/h4,6,8H,5,7H2,1-3H3,(H2,11,17). The number of thiocarbonyl (C=S) groups is 1. The first-order valence-electron chi connectivity index (χ1n) is 5.55. The molecular weight excluding hydrogens is 272 g/mol. The Morgan fingerprint density at radius 3 is 2.61 bits per heavy atom. The van der Waals surface area contributed by atoms with Crippen LogP contribution in [0, 0.1) is 0 Å². The molecule has 0 saturated heterocycles. The molecule has 0 spiro atoms. The zero-order valence-corrected chi connectivity index (χ0v) is 12.3. The molecule has 0 saturated carbocycles. The van der Waals surface area contributed by atoms with Crippen LogP contribution in [0.15, 0.2) is 17.3 Å². The highest BCUT2D eigenvalue weighted by molar-refractivity contribution is 7.89. The maximum absolute atomic E-state index is 12.4. The summed E-state index contributed by atoms with van der Waals surface area (Å²) in [6, 6.07) is 1.31. The topological polar surface area (TPSA) is 81.2 Å². The molecule has 0 unspecified atom stereocenters. The Balaban J connectivity index is 3.05. The summed E-state index contributed by atoms with van der Waals surface area (Å²) >= 11 is 4.79. The Morgan fingerprint density at radius 1 is 1.61 bits per heavy atom. The van der Waals surface area contributed by atoms with Gasteiger partial charge in [-0.15, -0.1) is 0 Å². The largest absolute Gasteiger partial charge is 0.393 e. The minimum atomic E-state index is -3.56. The van der Waals surface area contributed by atoms with E-state index in [0.29, 0.717) is 11.4 Å². The first-order chi connectivity index (χ1) is 8.26. The van der Waals surface area contributed by atoms with E-state index < -0.39 is 10.0 Å². The van der Waals surface area contributed by atoms with Crippen molar-refractivity contribution in [3.05, 3.63) is 12.3 Å². The minimum Gasteiger partial charge on any atom is -0.393 e. The van der Waals surface area contributed by atoms with Gasteiger partial charge in [0.25, 0.3) is 10.0 Å². The Bertz CT molecular complexity index is 522. The van der Waals surface area contributed by atoms with E-state index in [9.17, 15) is 8.42 Å². The fraction of sp³-hybridized carbons (Fsp3) is 0.600. The lowest BCUT2D eigenvalue weighted by Crippen LogP contribution is -2.39. The van der Waals surface area contributed by atoms with Gasteiger partial charge in [-0.25, -0.2) is 8.42 Å². The molecule has 1 rings (SSSR count). The van der Waals surface area contributed by atoms with Crippen LogP contribution < -0.4 is 5.73 Å². The van der Waals surface area contributed by atoms with Gasteiger partial charge in [-0.05, 0) is 19.9 Å². The average Bonchev–Trinajstić information content (AvgIpc) is 2.63. The molecule has 0 aliphatic heterocycles. The summed E-state index contributed by atoms with van der Waals surface area (Å²) < 4.78 is 27.6. The number of aromatic nitrogens is 2. The second kappa shape index (κ2) is 5.77. The Kier molecular flexibility index (Phi) is 4.83. The lowest BCUT2D eigenvalue weighted by atomic mass is 10.3. The summed E-state index contributed by atoms with van der Waals surface area (Å²) in [6.45, 7) is 3.90. The minimum absolute atomic E-state index is 0.166. The van der Waals surface area contributed by atoms with Crippen LogP contribution in [0.5, 0.6) is 0 Å². The molecule has 6 nitrogen and oxygen atoms in total. The van der Waals surface area contributed by atoms with Crippen LogP contribution in [-0.2, 0) is 17.1 Å². The predicted octanol–water partition coefficient (Wildman–Crippen LogP) is 0.495. The quantitative estimate of drug-likeness (QED) is 0.771. The van der Waals surface area contributed by atoms with Crippen molar-refractivity contribution in [2.75, 3.05) is 6.54 Å². The monoisotopic (exact) mass is 290 g/mol. The van der Waals surface area contributed by atoms with Crippen molar-refractivity contribution < 1.29 is 8.42 Å². The van der Waals surface area contributed by atoms with Gasteiger partial charge in [0.15, 0.2) is 5.03 Å². The van der Waals surface area contributed by atoms with E-state index in [-0.39, 0.29) is 17.6 Å². The normalized spacial score (nSPS) is 12.3. The number of aryl methyl sites for hydroxylation is 1. The van der Waals surface area contributed by atoms with Crippen LogP contribution in [0.1, 0.15) is 20.3 Å². The highest BCUT2D eigenvalue weighted by atomic mass is 32.2. The van der Waals surface area contributed by atoms with E-state index in [1.54, 1.807) is 7.05 Å². The first-order valence-corrected chi connectivity index (χ1v) is 7.39. The molecule has 1 heterocycles. The maximum atomic E-state index is 12.4. The van der Waals surface area contributed by atoms with Crippen molar-refractivity contribution in [1.29, 1.82) is 0 Å². The fourth-order valence-corrected chi connectivity index (χ4v) is 3.44. The van der Waals surface area contributed by atoms with Crippen molar-refractivity contribution in [2.24, 2.45) is 12.8 Å². The second-order valence-electron chi connectivity index (χ2n) is 4.22. The fourth-order valence-electron chi connectivity index (χ4n) is 1.61. The van der Waals surface area contributed by atoms with Crippen molar-refractivity contribution in [3.63, 3.8) is 0 Å². The molecule has 0 aliphatic rings. The molecule has 0 atom stereocenters. The van der Waals surface area contributed by atoms with Crippen LogP contribution in [-0.4, -0.2) is 40.1 Å². The predicted molar refractivity (Wildman–Crippen MR) is 73.6 cm³/mol. The van der Waals surface area contributed by atoms with Crippen molar-refractivity contribution in [1.82, 2.24) is 14.1 Å². The molecule has 0 aromatic carbocycles. The van der Waals surface area contributed by atoms with Crippen LogP contribution in [0.4, 0.5) is 0 Å². The molecule has 0 bridgehead atoms. The molecule has 0 fully saturated rings. The molecular formula is C10H18N4O2S2. The third kappa shape index (κ3) is 3.27. The molecule has 0 aliphatic carbocycles. The van der Waals surface area contributed by atoms with E-state index in [0.717, 1.165) is 0 Å². The Hall–Kier alpha value is -0.990. The van der Waals surface area contributed by atoms with Crippen LogP contribution >= 0.6 is 12.2 Å². The summed E-state index contributed by atoms with van der Waals surface area (Å²) in [5.74, 6) is 0. The van der Waals surface area contributed by atoms with E-state index in [4.69, 9.17) is 18.0 Å². The molecule has 8 heteroatoms. The van der Waals surface area contributed by atoms with Gasteiger partial charge in [-0.3, -0.25) is 4.68 Å². The molecule has 1 aromatic heterocycles. The van der Waals surface area contributed by atoms with Crippen LogP contribution in [0.3, 0.4) is 0 Å². The van der Waals surface area contributed by atoms with E-state index in [1.165, 1.54) is 21.3 Å². The SMILES string of the molecule is CC(C)N(CCC(N)=S)S(=O)(=O)c1ccnn1C. The summed E-state index contributed by atoms with van der Waals surface area (Å²) in [6.07, 6.45) is 1.82. The van der Waals surface area contributed by atoms with E-state index in [2.05, 4.69) is 5.10 Å². The second-order valence-corrected chi connectivity index (χ2v) is 6.58. The van der Waals surface area contributed by atoms with Crippen LogP contribution in [0.2, 0.25) is 0 Å². The highest BCUT2D eigenvalue weighted by Crippen LogP contribution is 2.17. The Labute approximate surface area is 113 Å². The molecule has 1 aromatic rings. The van der Waals surface area contributed by atoms with E-state index >= 15 is 0 Å². The molecule has 102 valence electrons. The number of nitrogens with zero attached hydrogens (tertiary/aromatic N) is 3.